The van der Waals surface area contributed by atoms with Crippen LogP contribution in [-0.2, 0) is 0 Å². The van der Waals surface area contributed by atoms with Gasteiger partial charge in [-0.2, -0.15) is 0 Å². The Morgan fingerprint density at radius 1 is 1.14 bits per heavy atom. The molecule has 2 unspecified atom stereocenters. The number of rotatable bonds is 1. The first-order valence-electron chi connectivity index (χ1n) is 5.94. The van der Waals surface area contributed by atoms with E-state index >= 15 is 0 Å². The summed E-state index contributed by atoms with van der Waals surface area (Å²) in [5, 5.41) is 0. The fourth-order valence-corrected chi connectivity index (χ4v) is 4.29. The van der Waals surface area contributed by atoms with Gasteiger partial charge in [0, 0.05) is 5.54 Å². The van der Waals surface area contributed by atoms with Crippen LogP contribution in [0.4, 0.5) is 0 Å². The minimum Gasteiger partial charge on any atom is -0.325 e. The molecular formula is C13H27N. The van der Waals surface area contributed by atoms with Crippen molar-refractivity contribution < 1.29 is 0 Å². The summed E-state index contributed by atoms with van der Waals surface area (Å²) in [4.78, 5) is 0. The largest absolute Gasteiger partial charge is 0.325 e. The summed E-state index contributed by atoms with van der Waals surface area (Å²) >= 11 is 0. The van der Waals surface area contributed by atoms with Crippen LogP contribution in [0.2, 0.25) is 0 Å². The molecule has 2 N–H and O–H groups in total. The van der Waals surface area contributed by atoms with Crippen molar-refractivity contribution in [2.24, 2.45) is 22.5 Å². The lowest BCUT2D eigenvalue weighted by Crippen LogP contribution is -2.58. The van der Waals surface area contributed by atoms with Crippen molar-refractivity contribution in [3.05, 3.63) is 0 Å². The van der Waals surface area contributed by atoms with Crippen LogP contribution in [0.1, 0.15) is 60.8 Å². The van der Waals surface area contributed by atoms with Crippen LogP contribution in [0, 0.1) is 16.7 Å². The second kappa shape index (κ2) is 3.23. The van der Waals surface area contributed by atoms with Crippen LogP contribution in [0.25, 0.3) is 0 Å². The average molecular weight is 197 g/mol. The number of nitrogens with two attached hydrogens (primary N) is 1. The molecule has 0 aromatic rings. The van der Waals surface area contributed by atoms with Gasteiger partial charge in [0.15, 0.2) is 0 Å². The monoisotopic (exact) mass is 197 g/mol. The fraction of sp³-hybridized carbons (Fsp3) is 1.00. The molecule has 84 valence electrons. The third kappa shape index (κ3) is 1.41. The molecule has 0 bridgehead atoms. The Kier molecular flexibility index (Phi) is 2.78. The molecule has 2 atom stereocenters. The van der Waals surface area contributed by atoms with Crippen LogP contribution in [0.15, 0.2) is 0 Å². The van der Waals surface area contributed by atoms with Crippen molar-refractivity contribution in [3.63, 3.8) is 0 Å². The molecule has 0 aromatic carbocycles. The molecule has 1 nitrogen and oxygen atoms in total. The number of hydrogen-bond donors (Lipinski definition) is 1. The lowest BCUT2D eigenvalue weighted by atomic mass is 9.53. The summed E-state index contributed by atoms with van der Waals surface area (Å²) in [6.07, 6.45) is 3.77. The normalized spacial score (nSPS) is 39.4. The van der Waals surface area contributed by atoms with Gasteiger partial charge in [-0.25, -0.2) is 0 Å². The van der Waals surface area contributed by atoms with Crippen molar-refractivity contribution in [1.82, 2.24) is 0 Å². The highest BCUT2D eigenvalue weighted by Gasteiger charge is 2.57. The molecule has 1 aliphatic carbocycles. The van der Waals surface area contributed by atoms with Gasteiger partial charge in [-0.05, 0) is 36.5 Å². The van der Waals surface area contributed by atoms with Gasteiger partial charge in [0.2, 0.25) is 0 Å². The van der Waals surface area contributed by atoms with Gasteiger partial charge in [-0.1, -0.05) is 41.0 Å². The van der Waals surface area contributed by atoms with Gasteiger partial charge in [-0.3, -0.25) is 0 Å². The van der Waals surface area contributed by atoms with E-state index in [1.165, 1.54) is 19.3 Å². The van der Waals surface area contributed by atoms with E-state index in [1.54, 1.807) is 0 Å². The topological polar surface area (TPSA) is 26.0 Å². The van der Waals surface area contributed by atoms with Crippen molar-refractivity contribution in [2.75, 3.05) is 0 Å². The summed E-state index contributed by atoms with van der Waals surface area (Å²) in [5.41, 5.74) is 7.17. The minimum atomic E-state index is 0.0133. The van der Waals surface area contributed by atoms with Crippen molar-refractivity contribution in [3.8, 4) is 0 Å². The smallest absolute Gasteiger partial charge is 0.0190 e. The molecular weight excluding hydrogens is 170 g/mol. The maximum absolute atomic E-state index is 6.54. The Morgan fingerprint density at radius 3 is 1.79 bits per heavy atom. The molecule has 0 aromatic heterocycles. The van der Waals surface area contributed by atoms with Crippen molar-refractivity contribution in [2.45, 2.75) is 66.3 Å². The third-order valence-electron chi connectivity index (χ3n) is 4.61. The van der Waals surface area contributed by atoms with Gasteiger partial charge in [0.25, 0.3) is 0 Å². The highest BCUT2D eigenvalue weighted by Crippen LogP contribution is 2.59. The number of hydrogen-bond acceptors (Lipinski definition) is 1. The lowest BCUT2D eigenvalue weighted by molar-refractivity contribution is -0.0202. The molecule has 1 fully saturated rings. The molecule has 0 heterocycles. The molecule has 14 heavy (non-hydrogen) atoms. The van der Waals surface area contributed by atoms with E-state index in [1.807, 2.05) is 0 Å². The molecule has 0 amide bonds. The summed E-state index contributed by atoms with van der Waals surface area (Å²) in [6, 6.07) is 0. The Morgan fingerprint density at radius 2 is 1.64 bits per heavy atom. The molecule has 0 saturated heterocycles. The van der Waals surface area contributed by atoms with Crippen molar-refractivity contribution in [1.29, 1.82) is 0 Å². The van der Waals surface area contributed by atoms with E-state index in [9.17, 15) is 0 Å². The van der Waals surface area contributed by atoms with Gasteiger partial charge in [0.1, 0.15) is 0 Å². The van der Waals surface area contributed by atoms with E-state index in [4.69, 9.17) is 5.73 Å². The maximum Gasteiger partial charge on any atom is 0.0190 e. The first kappa shape index (κ1) is 12.0. The zero-order valence-electron chi connectivity index (χ0n) is 10.8. The molecule has 0 aliphatic heterocycles. The molecule has 1 saturated carbocycles. The van der Waals surface area contributed by atoms with Gasteiger partial charge in [-0.15, -0.1) is 0 Å². The van der Waals surface area contributed by atoms with Crippen LogP contribution in [0.5, 0.6) is 0 Å². The Hall–Kier alpha value is -0.0400. The van der Waals surface area contributed by atoms with E-state index in [0.29, 0.717) is 16.7 Å². The highest BCUT2D eigenvalue weighted by molar-refractivity contribution is 5.10. The Labute approximate surface area is 89.5 Å². The molecule has 0 radical (unpaired) electrons. The van der Waals surface area contributed by atoms with E-state index in [2.05, 4.69) is 41.5 Å². The predicted molar refractivity (Wildman–Crippen MR) is 63.2 cm³/mol. The van der Waals surface area contributed by atoms with Crippen LogP contribution in [0.3, 0.4) is 0 Å². The summed E-state index contributed by atoms with van der Waals surface area (Å²) < 4.78 is 0. The van der Waals surface area contributed by atoms with Crippen LogP contribution in [-0.4, -0.2) is 5.54 Å². The standard InChI is InChI=1S/C13H27N/c1-10(2)13(11(3,4)5)9-7-8-12(13,6)14/h10H,7-9,14H2,1-6H3. The third-order valence-corrected chi connectivity index (χ3v) is 4.61. The van der Waals surface area contributed by atoms with E-state index < -0.39 is 0 Å². The van der Waals surface area contributed by atoms with Gasteiger partial charge >= 0.3 is 0 Å². The van der Waals surface area contributed by atoms with Crippen LogP contribution >= 0.6 is 0 Å². The average Bonchev–Trinajstić information content (AvgIpc) is 2.23. The maximum atomic E-state index is 6.54. The fourth-order valence-electron chi connectivity index (χ4n) is 4.29. The van der Waals surface area contributed by atoms with E-state index in [0.717, 1.165) is 0 Å². The molecule has 1 aliphatic rings. The van der Waals surface area contributed by atoms with Gasteiger partial charge in [0.05, 0.1) is 0 Å². The van der Waals surface area contributed by atoms with Crippen LogP contribution < -0.4 is 5.73 Å². The molecule has 1 rings (SSSR count). The summed E-state index contributed by atoms with van der Waals surface area (Å²) in [7, 11) is 0. The van der Waals surface area contributed by atoms with Crippen molar-refractivity contribution >= 4 is 0 Å². The first-order chi connectivity index (χ1) is 6.15. The Balaban J connectivity index is 3.18. The highest BCUT2D eigenvalue weighted by atomic mass is 14.8. The quantitative estimate of drug-likeness (QED) is 0.683. The minimum absolute atomic E-state index is 0.0133. The predicted octanol–water partition coefficient (Wildman–Crippen LogP) is 3.58. The van der Waals surface area contributed by atoms with Gasteiger partial charge < -0.3 is 5.73 Å². The first-order valence-corrected chi connectivity index (χ1v) is 5.94. The second-order valence-electron chi connectivity index (χ2n) is 6.65. The molecule has 1 heteroatoms. The zero-order chi connectivity index (χ0) is 11.2. The van der Waals surface area contributed by atoms with E-state index in [-0.39, 0.29) is 5.54 Å². The summed E-state index contributed by atoms with van der Waals surface area (Å²) in [5.74, 6) is 0.667. The Bertz CT molecular complexity index is 210. The SMILES string of the molecule is CC(C)C1(C(C)(C)C)CCCC1(C)N. The molecule has 0 spiro atoms. The zero-order valence-corrected chi connectivity index (χ0v) is 10.8. The second-order valence-corrected chi connectivity index (χ2v) is 6.65. The lowest BCUT2D eigenvalue weighted by Gasteiger charge is -2.54. The summed E-state index contributed by atoms with van der Waals surface area (Å²) in [6.45, 7) is 14.0.